The van der Waals surface area contributed by atoms with Gasteiger partial charge in [-0.25, -0.2) is 9.98 Å². The lowest BCUT2D eigenvalue weighted by molar-refractivity contribution is 0.311. The van der Waals surface area contributed by atoms with Crippen LogP contribution < -0.4 is 20.1 Å². The van der Waals surface area contributed by atoms with E-state index in [-0.39, 0.29) is 24.0 Å². The number of ether oxygens (including phenoxy) is 2. The van der Waals surface area contributed by atoms with Crippen LogP contribution in [0.25, 0.3) is 0 Å². The topological polar surface area (TPSA) is 67.8 Å². The third-order valence-corrected chi connectivity index (χ3v) is 4.01. The van der Waals surface area contributed by atoms with Crippen molar-refractivity contribution >= 4 is 47.0 Å². The summed E-state index contributed by atoms with van der Waals surface area (Å²) >= 11 is 1.66. The summed E-state index contributed by atoms with van der Waals surface area (Å²) < 4.78 is 10.9. The molecule has 0 aliphatic heterocycles. The van der Waals surface area contributed by atoms with Crippen LogP contribution in [0.5, 0.6) is 11.5 Å². The van der Waals surface area contributed by atoms with Crippen molar-refractivity contribution in [3.63, 3.8) is 0 Å². The maximum atomic E-state index is 5.54. The molecule has 0 bridgehead atoms. The second-order valence-corrected chi connectivity index (χ2v) is 6.30. The zero-order chi connectivity index (χ0) is 17.4. The van der Waals surface area contributed by atoms with Crippen LogP contribution >= 0.6 is 35.3 Å². The highest BCUT2D eigenvalue weighted by Gasteiger charge is 2.07. The van der Waals surface area contributed by atoms with Gasteiger partial charge < -0.3 is 20.1 Å². The van der Waals surface area contributed by atoms with E-state index < -0.39 is 0 Å². The summed E-state index contributed by atoms with van der Waals surface area (Å²) in [6.07, 6.45) is 1.87. The van der Waals surface area contributed by atoms with Gasteiger partial charge in [-0.1, -0.05) is 0 Å². The molecule has 6 nitrogen and oxygen atoms in total. The average molecular weight is 476 g/mol. The van der Waals surface area contributed by atoms with Gasteiger partial charge in [-0.05, 0) is 32.9 Å². The van der Waals surface area contributed by atoms with Gasteiger partial charge in [0.1, 0.15) is 5.01 Å². The molecule has 2 rings (SSSR count). The molecule has 0 unspecified atom stereocenters. The molecule has 0 spiro atoms. The lowest BCUT2D eigenvalue weighted by Crippen LogP contribution is -2.30. The van der Waals surface area contributed by atoms with Crippen molar-refractivity contribution in [2.45, 2.75) is 27.3 Å². The molecular weight excluding hydrogens is 451 g/mol. The Kier molecular flexibility index (Phi) is 9.58. The number of nitrogens with one attached hydrogen (secondary N) is 2. The minimum Gasteiger partial charge on any atom is -0.493 e. The second kappa shape index (κ2) is 11.1. The van der Waals surface area contributed by atoms with Crippen LogP contribution in [0, 0.1) is 6.92 Å². The highest BCUT2D eigenvalue weighted by atomic mass is 127. The molecule has 2 aromatic rings. The highest BCUT2D eigenvalue weighted by molar-refractivity contribution is 14.0. The molecule has 0 aliphatic carbocycles. The number of rotatable bonds is 7. The van der Waals surface area contributed by atoms with Gasteiger partial charge in [0, 0.05) is 29.4 Å². The monoisotopic (exact) mass is 476 g/mol. The Labute approximate surface area is 170 Å². The zero-order valence-electron chi connectivity index (χ0n) is 15.0. The second-order valence-electron chi connectivity index (χ2n) is 4.98. The summed E-state index contributed by atoms with van der Waals surface area (Å²) in [5, 5.41) is 7.50. The van der Waals surface area contributed by atoms with Crippen molar-refractivity contribution in [2.24, 2.45) is 4.99 Å². The number of nitrogens with zero attached hydrogens (tertiary/aromatic N) is 2. The number of guanidine groups is 1. The van der Waals surface area contributed by atoms with Crippen LogP contribution in [0.2, 0.25) is 0 Å². The molecule has 0 fully saturated rings. The largest absolute Gasteiger partial charge is 0.493 e. The van der Waals surface area contributed by atoms with E-state index in [1.165, 1.54) is 4.88 Å². The first-order valence-electron chi connectivity index (χ1n) is 7.93. The van der Waals surface area contributed by atoms with E-state index in [0.717, 1.165) is 23.0 Å². The minimum absolute atomic E-state index is 0. The predicted molar refractivity (Wildman–Crippen MR) is 115 cm³/mol. The molecule has 1 aromatic carbocycles. The number of hydrogen-bond donors (Lipinski definition) is 2. The fourth-order valence-corrected chi connectivity index (χ4v) is 2.80. The number of hydrogen-bond acceptors (Lipinski definition) is 5. The van der Waals surface area contributed by atoms with E-state index in [1.54, 1.807) is 18.4 Å². The van der Waals surface area contributed by atoms with Gasteiger partial charge in [0.2, 0.25) is 0 Å². The molecule has 8 heteroatoms. The molecule has 0 atom stereocenters. The summed E-state index contributed by atoms with van der Waals surface area (Å²) in [6, 6.07) is 5.72. The SMILES string of the molecule is CCNC(=NCc1ncc(C)s1)Nc1ccc(OCC)c(OC)c1.I. The molecule has 0 saturated carbocycles. The van der Waals surface area contributed by atoms with E-state index in [4.69, 9.17) is 9.47 Å². The van der Waals surface area contributed by atoms with Gasteiger partial charge in [0.05, 0.1) is 20.3 Å². The van der Waals surface area contributed by atoms with E-state index in [2.05, 4.69) is 20.6 Å². The Morgan fingerprint density at radius 2 is 2.08 bits per heavy atom. The van der Waals surface area contributed by atoms with E-state index in [9.17, 15) is 0 Å². The zero-order valence-corrected chi connectivity index (χ0v) is 18.1. The maximum Gasteiger partial charge on any atom is 0.196 e. The molecule has 2 N–H and O–H groups in total. The maximum absolute atomic E-state index is 5.54. The molecule has 1 heterocycles. The van der Waals surface area contributed by atoms with Gasteiger partial charge in [-0.15, -0.1) is 35.3 Å². The Bertz CT molecular complexity index is 691. The van der Waals surface area contributed by atoms with Gasteiger partial charge in [-0.2, -0.15) is 0 Å². The van der Waals surface area contributed by atoms with Crippen molar-refractivity contribution < 1.29 is 9.47 Å². The van der Waals surface area contributed by atoms with Crippen molar-refractivity contribution in [3.8, 4) is 11.5 Å². The van der Waals surface area contributed by atoms with Crippen molar-refractivity contribution in [1.29, 1.82) is 0 Å². The molecule has 0 amide bonds. The first-order valence-corrected chi connectivity index (χ1v) is 8.75. The molecule has 25 heavy (non-hydrogen) atoms. The smallest absolute Gasteiger partial charge is 0.196 e. The summed E-state index contributed by atoms with van der Waals surface area (Å²) in [5.74, 6) is 2.12. The summed E-state index contributed by atoms with van der Waals surface area (Å²) in [6.45, 7) is 7.94. The van der Waals surface area contributed by atoms with Crippen LogP contribution in [0.4, 0.5) is 5.69 Å². The van der Waals surface area contributed by atoms with E-state index >= 15 is 0 Å². The molecule has 0 radical (unpaired) electrons. The number of halogens is 1. The normalized spacial score (nSPS) is 10.8. The van der Waals surface area contributed by atoms with Crippen LogP contribution in [0.15, 0.2) is 29.4 Å². The summed E-state index contributed by atoms with van der Waals surface area (Å²) in [4.78, 5) is 10.1. The number of benzene rings is 1. The minimum atomic E-state index is 0. The third-order valence-electron chi connectivity index (χ3n) is 3.11. The highest BCUT2D eigenvalue weighted by Crippen LogP contribution is 2.30. The van der Waals surface area contributed by atoms with Crippen LogP contribution in [-0.2, 0) is 6.54 Å². The predicted octanol–water partition coefficient (Wildman–Crippen LogP) is 4.05. The van der Waals surface area contributed by atoms with Crippen molar-refractivity contribution in [3.05, 3.63) is 34.3 Å². The molecule has 0 aliphatic rings. The lowest BCUT2D eigenvalue weighted by atomic mass is 10.2. The van der Waals surface area contributed by atoms with Gasteiger partial charge in [-0.3, -0.25) is 0 Å². The van der Waals surface area contributed by atoms with Gasteiger partial charge in [0.25, 0.3) is 0 Å². The quantitative estimate of drug-likeness (QED) is 0.359. The standard InChI is InChI=1S/C17H24N4O2S.HI/c1-5-18-17(20-11-16-19-10-12(3)24-16)21-13-7-8-14(23-6-2)15(9-13)22-4;/h7-10H,5-6,11H2,1-4H3,(H2,18,20,21);1H. The van der Waals surface area contributed by atoms with Crippen LogP contribution in [0.1, 0.15) is 23.7 Å². The molecule has 138 valence electrons. The molecule has 1 aromatic heterocycles. The number of aromatic nitrogens is 1. The number of methoxy groups -OCH3 is 1. The van der Waals surface area contributed by atoms with Crippen LogP contribution in [-0.4, -0.2) is 31.2 Å². The first kappa shape index (κ1) is 21.5. The third kappa shape index (κ3) is 6.69. The number of anilines is 1. The van der Waals surface area contributed by atoms with Crippen molar-refractivity contribution in [1.82, 2.24) is 10.3 Å². The number of aliphatic imine (C=N–C) groups is 1. The summed E-state index contributed by atoms with van der Waals surface area (Å²) in [5.41, 5.74) is 0.880. The van der Waals surface area contributed by atoms with Gasteiger partial charge in [0.15, 0.2) is 17.5 Å². The molecule has 0 saturated heterocycles. The summed E-state index contributed by atoms with van der Waals surface area (Å²) in [7, 11) is 1.63. The fraction of sp³-hybridized carbons (Fsp3) is 0.412. The van der Waals surface area contributed by atoms with Crippen LogP contribution in [0.3, 0.4) is 0 Å². The number of thiazole rings is 1. The van der Waals surface area contributed by atoms with Gasteiger partial charge >= 0.3 is 0 Å². The van der Waals surface area contributed by atoms with E-state index in [1.807, 2.05) is 45.2 Å². The Hall–Kier alpha value is -1.55. The Morgan fingerprint density at radius 1 is 1.28 bits per heavy atom. The van der Waals surface area contributed by atoms with Crippen molar-refractivity contribution in [2.75, 3.05) is 25.6 Å². The first-order chi connectivity index (χ1) is 11.7. The Balaban J connectivity index is 0.00000312. The fourth-order valence-electron chi connectivity index (χ4n) is 2.09. The molecular formula is C17H25IN4O2S. The lowest BCUT2D eigenvalue weighted by Gasteiger charge is -2.14. The number of aryl methyl sites for hydroxylation is 1. The Morgan fingerprint density at radius 3 is 2.68 bits per heavy atom. The average Bonchev–Trinajstić information content (AvgIpc) is 3.00. The van der Waals surface area contributed by atoms with E-state index in [0.29, 0.717) is 24.9 Å².